The molecular formula is C15H8F4O. The van der Waals surface area contributed by atoms with Crippen molar-refractivity contribution in [1.82, 2.24) is 0 Å². The van der Waals surface area contributed by atoms with Gasteiger partial charge in [-0.05, 0) is 12.2 Å². The van der Waals surface area contributed by atoms with Crippen molar-refractivity contribution in [3.63, 3.8) is 0 Å². The number of hydrogen-bond acceptors (Lipinski definition) is 1. The van der Waals surface area contributed by atoms with Crippen molar-refractivity contribution in [3.05, 3.63) is 76.9 Å². The molecule has 0 spiro atoms. The minimum absolute atomic E-state index is 0.227. The lowest BCUT2D eigenvalue weighted by molar-refractivity contribution is 0.104. The van der Waals surface area contributed by atoms with Crippen LogP contribution in [0.25, 0.3) is 6.08 Å². The molecule has 2 rings (SSSR count). The molecule has 0 N–H and O–H groups in total. The van der Waals surface area contributed by atoms with Crippen LogP contribution in [0.3, 0.4) is 0 Å². The topological polar surface area (TPSA) is 17.1 Å². The van der Waals surface area contributed by atoms with Crippen LogP contribution >= 0.6 is 0 Å². The summed E-state index contributed by atoms with van der Waals surface area (Å²) >= 11 is 0. The smallest absolute Gasteiger partial charge is 0.195 e. The van der Waals surface area contributed by atoms with Crippen molar-refractivity contribution >= 4 is 11.9 Å². The van der Waals surface area contributed by atoms with E-state index in [4.69, 9.17) is 0 Å². The first-order chi connectivity index (χ1) is 9.50. The SMILES string of the molecule is O=C(/C=C/c1c(F)cc(F)c(F)c1F)c1ccccc1. The minimum Gasteiger partial charge on any atom is -0.289 e. The van der Waals surface area contributed by atoms with Gasteiger partial charge in [-0.2, -0.15) is 0 Å². The van der Waals surface area contributed by atoms with Crippen molar-refractivity contribution in [2.24, 2.45) is 0 Å². The fraction of sp³-hybridized carbons (Fsp3) is 0. The van der Waals surface area contributed by atoms with Gasteiger partial charge in [-0.15, -0.1) is 0 Å². The summed E-state index contributed by atoms with van der Waals surface area (Å²) in [5.41, 5.74) is -0.486. The van der Waals surface area contributed by atoms with Crippen molar-refractivity contribution < 1.29 is 22.4 Å². The summed E-state index contributed by atoms with van der Waals surface area (Å²) in [7, 11) is 0. The maximum absolute atomic E-state index is 13.4. The van der Waals surface area contributed by atoms with Crippen LogP contribution in [0.5, 0.6) is 0 Å². The first-order valence-corrected chi connectivity index (χ1v) is 5.61. The summed E-state index contributed by atoms with van der Waals surface area (Å²) < 4.78 is 52.4. The zero-order chi connectivity index (χ0) is 14.7. The highest BCUT2D eigenvalue weighted by Gasteiger charge is 2.17. The third-order valence-electron chi connectivity index (χ3n) is 2.61. The predicted molar refractivity (Wildman–Crippen MR) is 66.1 cm³/mol. The van der Waals surface area contributed by atoms with Crippen LogP contribution in [0.15, 0.2) is 42.5 Å². The molecule has 102 valence electrons. The van der Waals surface area contributed by atoms with E-state index in [0.717, 1.165) is 12.2 Å². The molecule has 2 aromatic rings. The average Bonchev–Trinajstić information content (AvgIpc) is 2.45. The van der Waals surface area contributed by atoms with E-state index in [9.17, 15) is 22.4 Å². The molecule has 0 unspecified atom stereocenters. The third kappa shape index (κ3) is 2.77. The zero-order valence-corrected chi connectivity index (χ0v) is 10.0. The van der Waals surface area contributed by atoms with E-state index in [1.807, 2.05) is 0 Å². The Balaban J connectivity index is 2.33. The normalized spacial score (nSPS) is 11.0. The van der Waals surface area contributed by atoms with Gasteiger partial charge in [-0.1, -0.05) is 30.3 Å². The number of hydrogen-bond donors (Lipinski definition) is 0. The van der Waals surface area contributed by atoms with E-state index >= 15 is 0 Å². The molecule has 2 aromatic carbocycles. The predicted octanol–water partition coefficient (Wildman–Crippen LogP) is 4.14. The molecule has 0 saturated carbocycles. The maximum Gasteiger partial charge on any atom is 0.195 e. The molecule has 0 atom stereocenters. The van der Waals surface area contributed by atoms with Gasteiger partial charge in [0, 0.05) is 17.2 Å². The monoisotopic (exact) mass is 280 g/mol. The highest BCUT2D eigenvalue weighted by atomic mass is 19.2. The lowest BCUT2D eigenvalue weighted by atomic mass is 10.1. The number of allylic oxidation sites excluding steroid dienone is 1. The van der Waals surface area contributed by atoms with E-state index in [2.05, 4.69) is 0 Å². The Kier molecular flexibility index (Phi) is 3.98. The van der Waals surface area contributed by atoms with Gasteiger partial charge < -0.3 is 0 Å². The Morgan fingerprint density at radius 2 is 1.55 bits per heavy atom. The fourth-order valence-electron chi connectivity index (χ4n) is 1.59. The molecule has 5 heteroatoms. The molecule has 0 aromatic heterocycles. The van der Waals surface area contributed by atoms with Crippen LogP contribution in [0.2, 0.25) is 0 Å². The van der Waals surface area contributed by atoms with Crippen LogP contribution in [0.1, 0.15) is 15.9 Å². The van der Waals surface area contributed by atoms with Crippen molar-refractivity contribution in [1.29, 1.82) is 0 Å². The molecule has 0 saturated heterocycles. The van der Waals surface area contributed by atoms with Gasteiger partial charge in [0.1, 0.15) is 5.82 Å². The van der Waals surface area contributed by atoms with Crippen LogP contribution in [0, 0.1) is 23.3 Å². The summed E-state index contributed by atoms with van der Waals surface area (Å²) in [6.45, 7) is 0. The lowest BCUT2D eigenvalue weighted by Gasteiger charge is -2.02. The summed E-state index contributed by atoms with van der Waals surface area (Å²) in [6.07, 6.45) is 1.68. The van der Waals surface area contributed by atoms with Crippen LogP contribution in [-0.4, -0.2) is 5.78 Å². The molecule has 0 bridgehead atoms. The Hall–Kier alpha value is -2.43. The van der Waals surface area contributed by atoms with Crippen molar-refractivity contribution in [2.75, 3.05) is 0 Å². The number of ketones is 1. The van der Waals surface area contributed by atoms with Crippen LogP contribution in [0.4, 0.5) is 17.6 Å². The molecule has 0 aliphatic heterocycles. The molecule has 0 aliphatic rings. The minimum atomic E-state index is -1.78. The van der Waals surface area contributed by atoms with Crippen molar-refractivity contribution in [2.45, 2.75) is 0 Å². The Labute approximate surface area is 112 Å². The molecule has 0 heterocycles. The quantitative estimate of drug-likeness (QED) is 0.271. The van der Waals surface area contributed by atoms with E-state index in [-0.39, 0.29) is 6.07 Å². The highest BCUT2D eigenvalue weighted by molar-refractivity contribution is 6.06. The molecule has 0 amide bonds. The first kappa shape index (κ1) is 14.0. The number of halogens is 4. The Bertz CT molecular complexity index is 678. The van der Waals surface area contributed by atoms with E-state index in [0.29, 0.717) is 5.56 Å². The fourth-order valence-corrected chi connectivity index (χ4v) is 1.59. The van der Waals surface area contributed by atoms with Gasteiger partial charge in [-0.3, -0.25) is 4.79 Å². The number of carbonyl (C=O) groups is 1. The molecule has 0 aliphatic carbocycles. The van der Waals surface area contributed by atoms with E-state index < -0.39 is 34.6 Å². The second-order valence-corrected chi connectivity index (χ2v) is 3.95. The second-order valence-electron chi connectivity index (χ2n) is 3.95. The molecule has 0 radical (unpaired) electrons. The van der Waals surface area contributed by atoms with E-state index in [1.54, 1.807) is 18.2 Å². The average molecular weight is 280 g/mol. The third-order valence-corrected chi connectivity index (χ3v) is 2.61. The molecule has 0 fully saturated rings. The number of rotatable bonds is 3. The van der Waals surface area contributed by atoms with Crippen LogP contribution in [-0.2, 0) is 0 Å². The zero-order valence-electron chi connectivity index (χ0n) is 10.0. The summed E-state index contributed by atoms with van der Waals surface area (Å²) in [5, 5.41) is 0. The van der Waals surface area contributed by atoms with Crippen molar-refractivity contribution in [3.8, 4) is 0 Å². The molecular weight excluding hydrogens is 272 g/mol. The second kappa shape index (κ2) is 5.69. The van der Waals surface area contributed by atoms with Crippen LogP contribution < -0.4 is 0 Å². The molecule has 1 nitrogen and oxygen atoms in total. The van der Waals surface area contributed by atoms with Gasteiger partial charge in [0.05, 0.1) is 0 Å². The summed E-state index contributed by atoms with van der Waals surface area (Å²) in [4.78, 5) is 11.7. The summed E-state index contributed by atoms with van der Waals surface area (Å²) in [5.74, 6) is -6.85. The van der Waals surface area contributed by atoms with Gasteiger partial charge in [0.2, 0.25) is 0 Å². The highest BCUT2D eigenvalue weighted by Crippen LogP contribution is 2.20. The van der Waals surface area contributed by atoms with Gasteiger partial charge >= 0.3 is 0 Å². The summed E-state index contributed by atoms with van der Waals surface area (Å²) in [6, 6.07) is 8.22. The van der Waals surface area contributed by atoms with E-state index in [1.165, 1.54) is 12.1 Å². The largest absolute Gasteiger partial charge is 0.289 e. The number of benzene rings is 2. The van der Waals surface area contributed by atoms with Gasteiger partial charge in [0.25, 0.3) is 0 Å². The Morgan fingerprint density at radius 1 is 0.900 bits per heavy atom. The lowest BCUT2D eigenvalue weighted by Crippen LogP contribution is -1.99. The Morgan fingerprint density at radius 3 is 2.20 bits per heavy atom. The number of carbonyl (C=O) groups excluding carboxylic acids is 1. The first-order valence-electron chi connectivity index (χ1n) is 5.61. The standard InChI is InChI=1S/C15H8F4O/c16-11-8-12(17)15(19)14(18)10(11)6-7-13(20)9-4-2-1-3-5-9/h1-8H/b7-6+. The van der Waals surface area contributed by atoms with Gasteiger partial charge in [0.15, 0.2) is 23.2 Å². The maximum atomic E-state index is 13.4. The molecule has 20 heavy (non-hydrogen) atoms. The van der Waals surface area contributed by atoms with Gasteiger partial charge in [-0.25, -0.2) is 17.6 Å².